The molecule has 31 heavy (non-hydrogen) atoms. The first-order valence-electron chi connectivity index (χ1n) is 10.1. The van der Waals surface area contributed by atoms with Crippen LogP contribution in [0.3, 0.4) is 0 Å². The van der Waals surface area contributed by atoms with Crippen molar-refractivity contribution in [2.24, 2.45) is 0 Å². The molecule has 2 aromatic carbocycles. The zero-order valence-corrected chi connectivity index (χ0v) is 17.7. The van der Waals surface area contributed by atoms with Gasteiger partial charge in [-0.25, -0.2) is 5.43 Å². The van der Waals surface area contributed by atoms with Crippen LogP contribution in [-0.4, -0.2) is 36.8 Å². The third-order valence-electron chi connectivity index (χ3n) is 5.08. The molecule has 4 rings (SSSR count). The number of nitrogens with one attached hydrogen (secondary N) is 1. The normalized spacial score (nSPS) is 15.6. The Morgan fingerprint density at radius 3 is 2.71 bits per heavy atom. The van der Waals surface area contributed by atoms with E-state index in [1.54, 1.807) is 32.8 Å². The summed E-state index contributed by atoms with van der Waals surface area (Å²) in [5.74, 6) is 1.62. The highest BCUT2D eigenvalue weighted by Crippen LogP contribution is 2.30. The van der Waals surface area contributed by atoms with Crippen LogP contribution in [-0.2, 0) is 17.8 Å². The van der Waals surface area contributed by atoms with Crippen LogP contribution < -0.4 is 19.9 Å². The molecule has 1 aromatic heterocycles. The number of hydrazine groups is 1. The zero-order chi connectivity index (χ0) is 21.5. The number of hydrogen-bond acceptors (Lipinski definition) is 7. The Labute approximate surface area is 182 Å². The van der Waals surface area contributed by atoms with Gasteiger partial charge >= 0.3 is 0 Å². The summed E-state index contributed by atoms with van der Waals surface area (Å²) in [6, 6.07) is 15.8. The first-order valence-corrected chi connectivity index (χ1v) is 10.1. The van der Waals surface area contributed by atoms with Crippen molar-refractivity contribution in [3.63, 3.8) is 0 Å². The third kappa shape index (κ3) is 5.20. The minimum atomic E-state index is 0.0342. The molecule has 0 saturated carbocycles. The summed E-state index contributed by atoms with van der Waals surface area (Å²) in [5.41, 5.74) is 7.59. The van der Waals surface area contributed by atoms with Crippen LogP contribution >= 0.6 is 0 Å². The Morgan fingerprint density at radius 2 is 1.90 bits per heavy atom. The average Bonchev–Trinajstić information content (AvgIpc) is 3.22. The van der Waals surface area contributed by atoms with Crippen LogP contribution in [0.25, 0.3) is 0 Å². The highest BCUT2D eigenvalue weighted by Gasteiger charge is 2.27. The molecule has 2 heterocycles. The molecule has 0 saturated heterocycles. The molecule has 7 nitrogen and oxygen atoms in total. The van der Waals surface area contributed by atoms with Gasteiger partial charge in [0.05, 0.1) is 44.9 Å². The Bertz CT molecular complexity index is 1030. The molecule has 0 aliphatic carbocycles. The number of nitrogens with zero attached hydrogens (tertiary/aromatic N) is 3. The fourth-order valence-corrected chi connectivity index (χ4v) is 3.52. The van der Waals surface area contributed by atoms with Crippen molar-refractivity contribution in [3.8, 4) is 11.5 Å². The molecule has 0 radical (unpaired) electrons. The maximum absolute atomic E-state index is 6.05. The Morgan fingerprint density at radius 1 is 1.00 bits per heavy atom. The van der Waals surface area contributed by atoms with E-state index >= 15 is 0 Å². The summed E-state index contributed by atoms with van der Waals surface area (Å²) in [6.07, 6.45) is 7.96. The first-order chi connectivity index (χ1) is 15.3. The van der Waals surface area contributed by atoms with E-state index in [1.165, 1.54) is 0 Å². The van der Waals surface area contributed by atoms with Crippen LogP contribution in [0.4, 0.5) is 5.69 Å². The minimum Gasteiger partial charge on any atom is -0.497 e. The quantitative estimate of drug-likeness (QED) is 0.570. The highest BCUT2D eigenvalue weighted by molar-refractivity contribution is 5.61. The van der Waals surface area contributed by atoms with Crippen molar-refractivity contribution < 1.29 is 14.2 Å². The lowest BCUT2D eigenvalue weighted by molar-refractivity contribution is 0.139. The second-order valence-electron chi connectivity index (χ2n) is 7.17. The number of ether oxygens (including phenoxy) is 3. The van der Waals surface area contributed by atoms with Crippen molar-refractivity contribution in [3.05, 3.63) is 90.2 Å². The summed E-state index contributed by atoms with van der Waals surface area (Å²) in [6.45, 7) is 0.988. The van der Waals surface area contributed by atoms with Gasteiger partial charge in [-0.05, 0) is 35.4 Å². The maximum atomic E-state index is 6.05. The molecule has 1 N–H and O–H groups in total. The number of anilines is 1. The lowest BCUT2D eigenvalue weighted by atomic mass is 10.1. The summed E-state index contributed by atoms with van der Waals surface area (Å²) in [4.78, 5) is 8.62. The van der Waals surface area contributed by atoms with Crippen LogP contribution in [0.2, 0.25) is 0 Å². The lowest BCUT2D eigenvalue weighted by Crippen LogP contribution is -2.38. The second-order valence-corrected chi connectivity index (χ2v) is 7.17. The predicted molar refractivity (Wildman–Crippen MR) is 119 cm³/mol. The van der Waals surface area contributed by atoms with E-state index in [9.17, 15) is 0 Å². The molecule has 7 heteroatoms. The number of para-hydroxylation sites is 2. The molecule has 1 aliphatic heterocycles. The Kier molecular flexibility index (Phi) is 6.76. The van der Waals surface area contributed by atoms with Gasteiger partial charge < -0.3 is 14.2 Å². The number of benzene rings is 2. The number of hydrogen-bond donors (Lipinski definition) is 1. The van der Waals surface area contributed by atoms with E-state index in [0.717, 1.165) is 34.0 Å². The van der Waals surface area contributed by atoms with Crippen LogP contribution in [0, 0.1) is 0 Å². The Hall–Kier alpha value is -3.42. The van der Waals surface area contributed by atoms with Crippen molar-refractivity contribution in [1.29, 1.82) is 0 Å². The van der Waals surface area contributed by atoms with Gasteiger partial charge in [0.1, 0.15) is 11.5 Å². The van der Waals surface area contributed by atoms with Gasteiger partial charge in [0.2, 0.25) is 0 Å². The second kappa shape index (κ2) is 10.1. The topological polar surface area (TPSA) is 68.7 Å². The monoisotopic (exact) mass is 418 g/mol. The van der Waals surface area contributed by atoms with Gasteiger partial charge in [-0.1, -0.05) is 24.3 Å². The highest BCUT2D eigenvalue weighted by atomic mass is 16.5. The number of methoxy groups -OCH3 is 2. The molecule has 0 amide bonds. The van der Waals surface area contributed by atoms with Gasteiger partial charge in [0, 0.05) is 31.2 Å². The van der Waals surface area contributed by atoms with E-state index in [2.05, 4.69) is 21.6 Å². The summed E-state index contributed by atoms with van der Waals surface area (Å²) < 4.78 is 16.9. The molecule has 1 aliphatic rings. The molecule has 1 atom stereocenters. The molecule has 3 aromatic rings. The lowest BCUT2D eigenvalue weighted by Gasteiger charge is -2.22. The molecule has 160 valence electrons. The fourth-order valence-electron chi connectivity index (χ4n) is 3.52. The minimum absolute atomic E-state index is 0.0342. The van der Waals surface area contributed by atoms with Crippen LogP contribution in [0.15, 0.2) is 78.9 Å². The van der Waals surface area contributed by atoms with Crippen LogP contribution in [0.1, 0.15) is 11.3 Å². The molecule has 0 fully saturated rings. The predicted octanol–water partition coefficient (Wildman–Crippen LogP) is 3.53. The third-order valence-corrected chi connectivity index (χ3v) is 5.08. The summed E-state index contributed by atoms with van der Waals surface area (Å²) in [7, 11) is 3.34. The van der Waals surface area contributed by atoms with E-state index in [4.69, 9.17) is 14.2 Å². The van der Waals surface area contributed by atoms with Crippen molar-refractivity contribution in [1.82, 2.24) is 15.4 Å². The van der Waals surface area contributed by atoms with Gasteiger partial charge in [0.15, 0.2) is 0 Å². The van der Waals surface area contributed by atoms with Gasteiger partial charge in [-0.15, -0.1) is 0 Å². The van der Waals surface area contributed by atoms with Crippen molar-refractivity contribution in [2.45, 2.75) is 19.1 Å². The Balaban J connectivity index is 1.49. The molecular weight excluding hydrogens is 392 g/mol. The zero-order valence-electron chi connectivity index (χ0n) is 17.7. The fraction of sp³-hybridized carbons (Fsp3) is 0.250. The van der Waals surface area contributed by atoms with E-state index in [1.807, 2.05) is 53.5 Å². The van der Waals surface area contributed by atoms with Gasteiger partial charge in [0.25, 0.3) is 0 Å². The maximum Gasteiger partial charge on any atom is 0.143 e. The smallest absolute Gasteiger partial charge is 0.143 e. The molecular formula is C24H26N4O3. The van der Waals surface area contributed by atoms with E-state index < -0.39 is 0 Å². The molecule has 0 bridgehead atoms. The number of rotatable bonds is 9. The van der Waals surface area contributed by atoms with Crippen LogP contribution in [0.5, 0.6) is 11.5 Å². The van der Waals surface area contributed by atoms with E-state index in [-0.39, 0.29) is 6.04 Å². The summed E-state index contributed by atoms with van der Waals surface area (Å²) >= 11 is 0. The van der Waals surface area contributed by atoms with Gasteiger partial charge in [-0.2, -0.15) is 0 Å². The van der Waals surface area contributed by atoms with E-state index in [0.29, 0.717) is 19.6 Å². The van der Waals surface area contributed by atoms with Gasteiger partial charge in [-0.3, -0.25) is 15.0 Å². The number of aromatic nitrogens is 2. The molecule has 1 unspecified atom stereocenters. The standard InChI is InChI=1S/C24H26N4O3/c1-29-21-7-5-6-18(12-21)16-31-17-19-15-28(23-8-3-4-9-24(23)30-2)27-22(19)13-20-14-25-10-11-26-20/h3-12,14-15,22,27H,13,16-17H2,1-2H3. The molecule has 0 spiro atoms. The first kappa shape index (κ1) is 20.8. The van der Waals surface area contributed by atoms with Crippen molar-refractivity contribution >= 4 is 5.69 Å². The average molecular weight is 418 g/mol. The largest absolute Gasteiger partial charge is 0.497 e. The summed E-state index contributed by atoms with van der Waals surface area (Å²) in [5, 5.41) is 1.99. The SMILES string of the molecule is COc1cccc(COCC2=CN(c3ccccc3OC)NC2Cc2cnccn2)c1. The van der Waals surface area contributed by atoms with Crippen molar-refractivity contribution in [2.75, 3.05) is 25.8 Å².